The van der Waals surface area contributed by atoms with Crippen LogP contribution in [-0.2, 0) is 0 Å². The van der Waals surface area contributed by atoms with Crippen LogP contribution >= 0.6 is 0 Å². The molecule has 1 aliphatic rings. The highest BCUT2D eigenvalue weighted by atomic mass is 19.1. The monoisotopic (exact) mass is 570 g/mol. The molecule has 0 bridgehead atoms. The minimum atomic E-state index is -0.733. The van der Waals surface area contributed by atoms with E-state index >= 15 is 4.39 Å². The summed E-state index contributed by atoms with van der Waals surface area (Å²) in [7, 11) is 0. The SMILES string of the molecule is CC(C)Oc1ccc(C2=NC([C@@H](C)c3oc4ccc(F)cc4c(=O)c3-c3cccc(F)c3)c3ncnc(N)c32)cc1F. The van der Waals surface area contributed by atoms with Crippen LogP contribution in [0.3, 0.4) is 0 Å². The van der Waals surface area contributed by atoms with E-state index in [0.29, 0.717) is 22.5 Å². The molecule has 0 amide bonds. The minimum absolute atomic E-state index is 0.0203. The minimum Gasteiger partial charge on any atom is -0.488 e. The summed E-state index contributed by atoms with van der Waals surface area (Å²) in [6, 6.07) is 13.0. The van der Waals surface area contributed by atoms with Gasteiger partial charge < -0.3 is 14.9 Å². The molecule has 3 aromatic carbocycles. The van der Waals surface area contributed by atoms with Crippen LogP contribution in [0.25, 0.3) is 22.1 Å². The van der Waals surface area contributed by atoms with Crippen molar-refractivity contribution in [3.8, 4) is 16.9 Å². The van der Waals surface area contributed by atoms with Gasteiger partial charge in [-0.3, -0.25) is 9.79 Å². The second-order valence-corrected chi connectivity index (χ2v) is 10.4. The zero-order valence-corrected chi connectivity index (χ0v) is 22.9. The van der Waals surface area contributed by atoms with E-state index in [4.69, 9.17) is 19.9 Å². The summed E-state index contributed by atoms with van der Waals surface area (Å²) >= 11 is 0. The molecule has 0 fully saturated rings. The fourth-order valence-corrected chi connectivity index (χ4v) is 5.28. The Morgan fingerprint density at radius 2 is 1.69 bits per heavy atom. The number of nitrogens with zero attached hydrogens (tertiary/aromatic N) is 3. The van der Waals surface area contributed by atoms with Crippen LogP contribution < -0.4 is 15.9 Å². The van der Waals surface area contributed by atoms with Gasteiger partial charge in [0.15, 0.2) is 11.6 Å². The van der Waals surface area contributed by atoms with Gasteiger partial charge in [-0.2, -0.15) is 0 Å². The lowest BCUT2D eigenvalue weighted by Gasteiger charge is -2.20. The number of fused-ring (bicyclic) bond motifs is 2. The smallest absolute Gasteiger partial charge is 0.200 e. The lowest BCUT2D eigenvalue weighted by Crippen LogP contribution is -2.15. The fraction of sp³-hybridized carbons (Fsp3) is 0.188. The van der Waals surface area contributed by atoms with Crippen molar-refractivity contribution < 1.29 is 22.3 Å². The number of halogens is 3. The topological polar surface area (TPSA) is 104 Å². The third-order valence-electron chi connectivity index (χ3n) is 7.14. The second-order valence-electron chi connectivity index (χ2n) is 10.4. The van der Waals surface area contributed by atoms with Gasteiger partial charge in [0.2, 0.25) is 5.43 Å². The van der Waals surface area contributed by atoms with Crippen LogP contribution in [0, 0.1) is 17.5 Å². The first-order valence-electron chi connectivity index (χ1n) is 13.3. The highest BCUT2D eigenvalue weighted by Crippen LogP contribution is 2.44. The van der Waals surface area contributed by atoms with E-state index in [-0.39, 0.29) is 45.5 Å². The number of nitrogen functional groups attached to an aromatic ring is 1. The van der Waals surface area contributed by atoms with Gasteiger partial charge in [-0.05, 0) is 67.9 Å². The fourth-order valence-electron chi connectivity index (χ4n) is 5.28. The molecule has 3 heterocycles. The summed E-state index contributed by atoms with van der Waals surface area (Å²) < 4.78 is 55.2. The average Bonchev–Trinajstić information content (AvgIpc) is 3.35. The summed E-state index contributed by atoms with van der Waals surface area (Å²) in [4.78, 5) is 27.3. The Hall–Kier alpha value is -4.99. The van der Waals surface area contributed by atoms with Gasteiger partial charge in [0.1, 0.15) is 41.2 Å². The summed E-state index contributed by atoms with van der Waals surface area (Å²) in [5, 5.41) is 0.0203. The van der Waals surface area contributed by atoms with Gasteiger partial charge in [-0.25, -0.2) is 23.1 Å². The van der Waals surface area contributed by atoms with Gasteiger partial charge in [0, 0.05) is 11.5 Å². The number of aliphatic imine (C=N–C) groups is 1. The normalized spacial score (nSPS) is 15.1. The number of aromatic nitrogens is 2. The first-order valence-corrected chi connectivity index (χ1v) is 13.3. The van der Waals surface area contributed by atoms with E-state index in [1.807, 2.05) is 0 Å². The number of ether oxygens (including phenoxy) is 1. The van der Waals surface area contributed by atoms with Crippen LogP contribution in [-0.4, -0.2) is 21.8 Å². The number of nitrogens with two attached hydrogens (primary N) is 1. The van der Waals surface area contributed by atoms with Crippen molar-refractivity contribution in [2.75, 3.05) is 5.73 Å². The Morgan fingerprint density at radius 1 is 0.905 bits per heavy atom. The summed E-state index contributed by atoms with van der Waals surface area (Å²) in [6.45, 7) is 5.39. The molecule has 0 spiro atoms. The molecule has 7 nitrogen and oxygen atoms in total. The molecule has 0 aliphatic carbocycles. The van der Waals surface area contributed by atoms with Gasteiger partial charge in [0.25, 0.3) is 0 Å². The van der Waals surface area contributed by atoms with Crippen molar-refractivity contribution in [1.82, 2.24) is 9.97 Å². The molecule has 1 unspecified atom stereocenters. The molecule has 2 N–H and O–H groups in total. The first-order chi connectivity index (χ1) is 20.1. The highest BCUT2D eigenvalue weighted by Gasteiger charge is 2.37. The predicted octanol–water partition coefficient (Wildman–Crippen LogP) is 6.73. The van der Waals surface area contributed by atoms with E-state index in [9.17, 15) is 13.6 Å². The molecule has 42 heavy (non-hydrogen) atoms. The number of hydrogen-bond donors (Lipinski definition) is 1. The standard InChI is InChI=1S/C32H25F3N4O3/c1-15(2)41-24-9-7-18(12-22(24)35)28-26-29(37-14-38-32(26)36)27(39-28)16(3)31-25(17-5-4-6-19(33)11-17)30(40)21-13-20(34)8-10-23(21)42-31/h4-16,27H,1-3H3,(H2,36,37,38)/t16-,27?/m1/s1. The molecule has 0 radical (unpaired) electrons. The Morgan fingerprint density at radius 3 is 2.43 bits per heavy atom. The van der Waals surface area contributed by atoms with Gasteiger partial charge in [-0.15, -0.1) is 0 Å². The summed E-state index contributed by atoms with van der Waals surface area (Å²) in [6.07, 6.45) is 1.09. The quantitative estimate of drug-likeness (QED) is 0.243. The van der Waals surface area contributed by atoms with Crippen molar-refractivity contribution >= 4 is 22.5 Å². The molecule has 0 saturated carbocycles. The molecule has 0 saturated heterocycles. The molecule has 2 aromatic heterocycles. The van der Waals surface area contributed by atoms with E-state index < -0.39 is 34.8 Å². The number of anilines is 1. The van der Waals surface area contributed by atoms with E-state index in [2.05, 4.69) is 9.97 Å². The molecular weight excluding hydrogens is 545 g/mol. The third kappa shape index (κ3) is 4.68. The third-order valence-corrected chi connectivity index (χ3v) is 7.14. The van der Waals surface area contributed by atoms with Crippen LogP contribution in [0.5, 0.6) is 5.75 Å². The molecule has 10 heteroatoms. The molecule has 1 aliphatic heterocycles. The van der Waals surface area contributed by atoms with Gasteiger partial charge >= 0.3 is 0 Å². The van der Waals surface area contributed by atoms with Crippen molar-refractivity contribution in [2.45, 2.75) is 38.8 Å². The van der Waals surface area contributed by atoms with Crippen LogP contribution in [0.4, 0.5) is 19.0 Å². The Bertz CT molecular complexity index is 1950. The molecule has 5 aromatic rings. The molecule has 6 rings (SSSR count). The lowest BCUT2D eigenvalue weighted by molar-refractivity contribution is 0.231. The van der Waals surface area contributed by atoms with Crippen molar-refractivity contribution in [3.63, 3.8) is 0 Å². The zero-order valence-electron chi connectivity index (χ0n) is 22.9. The molecular formula is C32H25F3N4O3. The van der Waals surface area contributed by atoms with Gasteiger partial charge in [0.05, 0.1) is 34.0 Å². The maximum Gasteiger partial charge on any atom is 0.200 e. The van der Waals surface area contributed by atoms with E-state index in [1.165, 1.54) is 48.8 Å². The lowest BCUT2D eigenvalue weighted by atomic mass is 9.89. The van der Waals surface area contributed by atoms with Crippen molar-refractivity contribution in [3.05, 3.63) is 117 Å². The van der Waals surface area contributed by atoms with Crippen LogP contribution in [0.15, 0.2) is 81.2 Å². The summed E-state index contributed by atoms with van der Waals surface area (Å²) in [5.41, 5.74) is 7.97. The number of rotatable bonds is 6. The maximum atomic E-state index is 15.0. The predicted molar refractivity (Wildman–Crippen MR) is 153 cm³/mol. The average molecular weight is 571 g/mol. The van der Waals surface area contributed by atoms with Gasteiger partial charge in [-0.1, -0.05) is 19.1 Å². The molecule has 212 valence electrons. The highest BCUT2D eigenvalue weighted by molar-refractivity contribution is 6.17. The maximum absolute atomic E-state index is 15.0. The van der Waals surface area contributed by atoms with E-state index in [1.54, 1.807) is 32.9 Å². The van der Waals surface area contributed by atoms with E-state index in [0.717, 1.165) is 6.07 Å². The molecule has 2 atom stereocenters. The largest absolute Gasteiger partial charge is 0.488 e. The first kappa shape index (κ1) is 27.2. The zero-order chi connectivity index (χ0) is 29.7. The van der Waals surface area contributed by atoms with Crippen molar-refractivity contribution in [2.24, 2.45) is 4.99 Å². The Balaban J connectivity index is 1.54. The van der Waals surface area contributed by atoms with Crippen LogP contribution in [0.2, 0.25) is 0 Å². The summed E-state index contributed by atoms with van der Waals surface area (Å²) in [5.74, 6) is -1.92. The number of hydrogen-bond acceptors (Lipinski definition) is 7. The Kier molecular flexibility index (Phi) is 6.76. The van der Waals surface area contributed by atoms with Crippen molar-refractivity contribution in [1.29, 1.82) is 0 Å². The Labute approximate surface area is 238 Å². The second kappa shape index (κ2) is 10.4. The number of benzene rings is 3. The van der Waals surface area contributed by atoms with Crippen LogP contribution in [0.1, 0.15) is 55.3 Å².